The van der Waals surface area contributed by atoms with Crippen molar-refractivity contribution in [2.45, 2.75) is 58.9 Å². The molecule has 0 saturated heterocycles. The number of hydrogen-bond acceptors (Lipinski definition) is 3. The minimum Gasteiger partial charge on any atom is -0.369 e. The van der Waals surface area contributed by atoms with Crippen LogP contribution in [0.15, 0.2) is 6.07 Å². The first-order chi connectivity index (χ1) is 9.62. The molecule has 5 heteroatoms. The van der Waals surface area contributed by atoms with Gasteiger partial charge in [0.25, 0.3) is 0 Å². The Hall–Kier alpha value is -0.670. The second-order valence-electron chi connectivity index (χ2n) is 4.95. The summed E-state index contributed by atoms with van der Waals surface area (Å²) in [5.41, 5.74) is 0. The lowest BCUT2D eigenvalue weighted by Gasteiger charge is -2.20. The third-order valence-corrected chi connectivity index (χ3v) is 3.73. The summed E-state index contributed by atoms with van der Waals surface area (Å²) in [5, 5.41) is 7.75. The monoisotopic (exact) mass is 317 g/mol. The van der Waals surface area contributed by atoms with E-state index in [0.717, 1.165) is 31.6 Å². The maximum atomic E-state index is 6.24. The zero-order chi connectivity index (χ0) is 15.0. The average Bonchev–Trinajstić information content (AvgIpc) is 2.41. The molecule has 0 amide bonds. The Balaban J connectivity index is 2.84. The van der Waals surface area contributed by atoms with Crippen molar-refractivity contribution >= 4 is 34.8 Å². The van der Waals surface area contributed by atoms with Crippen LogP contribution in [0, 0.1) is 0 Å². The second-order valence-corrected chi connectivity index (χ2v) is 5.77. The SMILES string of the molecule is CCCCC(CCC)Nc1nc(NCC)c(Cl)cc1Cl. The van der Waals surface area contributed by atoms with E-state index in [0.29, 0.717) is 21.9 Å². The lowest BCUT2D eigenvalue weighted by Crippen LogP contribution is -2.20. The molecule has 1 unspecified atom stereocenters. The molecule has 0 spiro atoms. The Morgan fingerprint density at radius 1 is 1.05 bits per heavy atom. The first kappa shape index (κ1) is 17.4. The van der Waals surface area contributed by atoms with E-state index < -0.39 is 0 Å². The third kappa shape index (κ3) is 5.37. The van der Waals surface area contributed by atoms with Gasteiger partial charge in [-0.2, -0.15) is 0 Å². The first-order valence-corrected chi connectivity index (χ1v) is 8.24. The van der Waals surface area contributed by atoms with Gasteiger partial charge in [-0.05, 0) is 25.8 Å². The zero-order valence-corrected chi connectivity index (χ0v) is 14.1. The van der Waals surface area contributed by atoms with Gasteiger partial charge in [-0.1, -0.05) is 56.3 Å². The van der Waals surface area contributed by atoms with E-state index in [1.807, 2.05) is 6.92 Å². The molecule has 3 nitrogen and oxygen atoms in total. The standard InChI is InChI=1S/C15H25Cl2N3/c1-4-7-9-11(8-5-2)19-15-13(17)10-12(16)14(20-15)18-6-3/h10-11H,4-9H2,1-3H3,(H2,18,19,20). The summed E-state index contributed by atoms with van der Waals surface area (Å²) < 4.78 is 0. The molecule has 0 fully saturated rings. The second kappa shape index (κ2) is 9.30. The first-order valence-electron chi connectivity index (χ1n) is 7.48. The molecule has 2 N–H and O–H groups in total. The minimum absolute atomic E-state index is 0.417. The van der Waals surface area contributed by atoms with Crippen LogP contribution in [0.1, 0.15) is 52.9 Å². The van der Waals surface area contributed by atoms with Gasteiger partial charge in [-0.15, -0.1) is 0 Å². The molecule has 114 valence electrons. The summed E-state index contributed by atoms with van der Waals surface area (Å²) in [6.07, 6.45) is 5.82. The van der Waals surface area contributed by atoms with Crippen LogP contribution in [0.3, 0.4) is 0 Å². The van der Waals surface area contributed by atoms with Crippen LogP contribution in [0.25, 0.3) is 0 Å². The summed E-state index contributed by atoms with van der Waals surface area (Å²) in [6, 6.07) is 2.17. The summed E-state index contributed by atoms with van der Waals surface area (Å²) in [5.74, 6) is 1.41. The number of anilines is 2. The Bertz CT molecular complexity index is 410. The molecule has 0 saturated carbocycles. The molecule has 1 atom stereocenters. The van der Waals surface area contributed by atoms with Gasteiger partial charge >= 0.3 is 0 Å². The van der Waals surface area contributed by atoms with Crippen LogP contribution in [0.5, 0.6) is 0 Å². The molecule has 20 heavy (non-hydrogen) atoms. The van der Waals surface area contributed by atoms with E-state index in [-0.39, 0.29) is 0 Å². The number of rotatable bonds is 9. The van der Waals surface area contributed by atoms with Gasteiger partial charge in [0.15, 0.2) is 0 Å². The minimum atomic E-state index is 0.417. The summed E-state index contributed by atoms with van der Waals surface area (Å²) in [7, 11) is 0. The summed E-state index contributed by atoms with van der Waals surface area (Å²) in [4.78, 5) is 4.51. The molecular weight excluding hydrogens is 293 g/mol. The predicted molar refractivity (Wildman–Crippen MR) is 90.3 cm³/mol. The van der Waals surface area contributed by atoms with Gasteiger partial charge in [-0.3, -0.25) is 0 Å². The van der Waals surface area contributed by atoms with Crippen molar-refractivity contribution in [2.75, 3.05) is 17.2 Å². The van der Waals surface area contributed by atoms with Gasteiger partial charge < -0.3 is 10.6 Å². The molecule has 0 bridgehead atoms. The number of aromatic nitrogens is 1. The van der Waals surface area contributed by atoms with Gasteiger partial charge in [0, 0.05) is 12.6 Å². The Kier molecular flexibility index (Phi) is 8.08. The molecular formula is C15H25Cl2N3. The van der Waals surface area contributed by atoms with E-state index in [1.54, 1.807) is 6.07 Å². The quantitative estimate of drug-likeness (QED) is 0.623. The number of unbranched alkanes of at least 4 members (excludes halogenated alkanes) is 1. The fraction of sp³-hybridized carbons (Fsp3) is 0.667. The van der Waals surface area contributed by atoms with E-state index >= 15 is 0 Å². The van der Waals surface area contributed by atoms with Gasteiger partial charge in [0.1, 0.15) is 11.6 Å². The predicted octanol–water partition coefficient (Wildman–Crippen LogP) is 5.59. The van der Waals surface area contributed by atoms with E-state index in [9.17, 15) is 0 Å². The largest absolute Gasteiger partial charge is 0.369 e. The Labute approximate surface area is 132 Å². The number of nitrogens with one attached hydrogen (secondary N) is 2. The van der Waals surface area contributed by atoms with Crippen LogP contribution in [-0.2, 0) is 0 Å². The molecule has 1 aromatic heterocycles. The lowest BCUT2D eigenvalue weighted by atomic mass is 10.1. The topological polar surface area (TPSA) is 37.0 Å². The van der Waals surface area contributed by atoms with Gasteiger partial charge in [0.2, 0.25) is 0 Å². The highest BCUT2D eigenvalue weighted by Crippen LogP contribution is 2.30. The molecule has 1 heterocycles. The van der Waals surface area contributed by atoms with E-state index in [1.165, 1.54) is 12.8 Å². The summed E-state index contributed by atoms with van der Waals surface area (Å²) in [6.45, 7) is 7.20. The number of halogens is 2. The molecule has 0 aromatic carbocycles. The van der Waals surface area contributed by atoms with Crippen LogP contribution < -0.4 is 10.6 Å². The van der Waals surface area contributed by atoms with Crippen molar-refractivity contribution in [3.05, 3.63) is 16.1 Å². The maximum absolute atomic E-state index is 6.24. The van der Waals surface area contributed by atoms with Crippen molar-refractivity contribution < 1.29 is 0 Å². The lowest BCUT2D eigenvalue weighted by molar-refractivity contribution is 0.563. The van der Waals surface area contributed by atoms with Crippen molar-refractivity contribution in [3.8, 4) is 0 Å². The summed E-state index contributed by atoms with van der Waals surface area (Å²) >= 11 is 12.4. The van der Waals surface area contributed by atoms with Gasteiger partial charge in [-0.25, -0.2) is 4.98 Å². The van der Waals surface area contributed by atoms with Crippen molar-refractivity contribution in [1.29, 1.82) is 0 Å². The van der Waals surface area contributed by atoms with Crippen molar-refractivity contribution in [3.63, 3.8) is 0 Å². The van der Waals surface area contributed by atoms with Crippen LogP contribution in [0.4, 0.5) is 11.6 Å². The van der Waals surface area contributed by atoms with E-state index in [2.05, 4.69) is 29.5 Å². The molecule has 1 aromatic rings. The van der Waals surface area contributed by atoms with Crippen LogP contribution in [-0.4, -0.2) is 17.6 Å². The molecule has 1 rings (SSSR count). The Morgan fingerprint density at radius 3 is 2.35 bits per heavy atom. The van der Waals surface area contributed by atoms with Crippen LogP contribution >= 0.6 is 23.2 Å². The molecule has 0 aliphatic heterocycles. The highest BCUT2D eigenvalue weighted by molar-refractivity contribution is 6.37. The molecule has 0 radical (unpaired) electrons. The molecule has 0 aliphatic rings. The zero-order valence-electron chi connectivity index (χ0n) is 12.6. The normalized spacial score (nSPS) is 12.2. The number of nitrogens with zero attached hydrogens (tertiary/aromatic N) is 1. The fourth-order valence-corrected chi connectivity index (χ4v) is 2.62. The van der Waals surface area contributed by atoms with Gasteiger partial charge in [0.05, 0.1) is 10.0 Å². The highest BCUT2D eigenvalue weighted by atomic mass is 35.5. The highest BCUT2D eigenvalue weighted by Gasteiger charge is 2.13. The van der Waals surface area contributed by atoms with Crippen LogP contribution in [0.2, 0.25) is 10.0 Å². The van der Waals surface area contributed by atoms with E-state index in [4.69, 9.17) is 23.2 Å². The smallest absolute Gasteiger partial charge is 0.147 e. The molecule has 0 aliphatic carbocycles. The number of hydrogen-bond donors (Lipinski definition) is 2. The average molecular weight is 318 g/mol. The Morgan fingerprint density at radius 2 is 1.75 bits per heavy atom. The number of pyridine rings is 1. The van der Waals surface area contributed by atoms with Crippen molar-refractivity contribution in [2.24, 2.45) is 0 Å². The maximum Gasteiger partial charge on any atom is 0.147 e. The third-order valence-electron chi connectivity index (χ3n) is 3.16. The fourth-order valence-electron chi connectivity index (χ4n) is 2.14. The van der Waals surface area contributed by atoms with Crippen molar-refractivity contribution in [1.82, 2.24) is 4.98 Å².